The molecule has 2 heterocycles. The summed E-state index contributed by atoms with van der Waals surface area (Å²) in [6, 6.07) is -0.277. The van der Waals surface area contributed by atoms with E-state index < -0.39 is 5.97 Å². The van der Waals surface area contributed by atoms with Crippen molar-refractivity contribution in [3.05, 3.63) is 16.1 Å². The highest BCUT2D eigenvalue weighted by molar-refractivity contribution is 7.09. The van der Waals surface area contributed by atoms with E-state index in [1.54, 1.807) is 0 Å². The van der Waals surface area contributed by atoms with Crippen LogP contribution in [0.1, 0.15) is 34.9 Å². The third-order valence-electron chi connectivity index (χ3n) is 3.29. The van der Waals surface area contributed by atoms with Gasteiger partial charge < -0.3 is 15.7 Å². The van der Waals surface area contributed by atoms with E-state index in [9.17, 15) is 9.59 Å². The number of carbonyl (C=O) groups excluding carboxylic acids is 1. The molecule has 1 atom stereocenters. The molecule has 0 radical (unpaired) electrons. The van der Waals surface area contributed by atoms with Gasteiger partial charge in [-0.3, -0.25) is 9.69 Å². The average molecular weight is 312 g/mol. The van der Waals surface area contributed by atoms with Crippen LogP contribution in [-0.2, 0) is 4.79 Å². The third kappa shape index (κ3) is 4.76. The summed E-state index contributed by atoms with van der Waals surface area (Å²) in [7, 11) is 0. The normalized spacial score (nSPS) is 18.0. The van der Waals surface area contributed by atoms with Crippen LogP contribution >= 0.6 is 11.3 Å². The second-order valence-corrected chi connectivity index (χ2v) is 5.93. The molecule has 1 aliphatic rings. The van der Waals surface area contributed by atoms with E-state index in [2.05, 4.69) is 20.5 Å². The Bertz CT molecular complexity index is 497. The van der Waals surface area contributed by atoms with Gasteiger partial charge in [-0.25, -0.2) is 9.78 Å². The Morgan fingerprint density at radius 3 is 3.05 bits per heavy atom. The maximum atomic E-state index is 12.0. The van der Waals surface area contributed by atoms with Gasteiger partial charge in [-0.15, -0.1) is 11.3 Å². The molecule has 21 heavy (non-hydrogen) atoms. The molecule has 1 aromatic rings. The van der Waals surface area contributed by atoms with Crippen LogP contribution in [-0.4, -0.2) is 59.6 Å². The minimum atomic E-state index is -1.05. The molecule has 116 valence electrons. The number of thiazole rings is 1. The van der Waals surface area contributed by atoms with Gasteiger partial charge in [-0.05, 0) is 26.4 Å². The molecular formula is C13H20N4O3S. The Kier molecular flexibility index (Phi) is 5.66. The van der Waals surface area contributed by atoms with E-state index in [-0.39, 0.29) is 17.6 Å². The largest absolute Gasteiger partial charge is 0.476 e. The standard InChI is InChI=1S/C13H20N4O3S/c1-9(12-16-10(8-21-12)13(19)20)15-11(18)7-17-5-2-3-14-4-6-17/h8-9,14H,2-7H2,1H3,(H,15,18)(H,19,20). The van der Waals surface area contributed by atoms with Crippen molar-refractivity contribution in [3.63, 3.8) is 0 Å². The van der Waals surface area contributed by atoms with Gasteiger partial charge in [0.1, 0.15) is 5.01 Å². The predicted molar refractivity (Wildman–Crippen MR) is 79.6 cm³/mol. The molecule has 8 heteroatoms. The fourth-order valence-electron chi connectivity index (χ4n) is 2.20. The Labute approximate surface area is 127 Å². The molecule has 1 fully saturated rings. The number of amides is 1. The van der Waals surface area contributed by atoms with Gasteiger partial charge in [0.25, 0.3) is 0 Å². The van der Waals surface area contributed by atoms with Crippen molar-refractivity contribution < 1.29 is 14.7 Å². The number of hydrogen-bond acceptors (Lipinski definition) is 6. The van der Waals surface area contributed by atoms with Crippen LogP contribution in [0.2, 0.25) is 0 Å². The van der Waals surface area contributed by atoms with Crippen molar-refractivity contribution >= 4 is 23.2 Å². The van der Waals surface area contributed by atoms with Crippen molar-refractivity contribution in [1.82, 2.24) is 20.5 Å². The Morgan fingerprint density at radius 2 is 2.33 bits per heavy atom. The molecule has 0 aliphatic carbocycles. The van der Waals surface area contributed by atoms with Crippen molar-refractivity contribution in [3.8, 4) is 0 Å². The first-order valence-electron chi connectivity index (χ1n) is 6.97. The molecule has 1 aliphatic heterocycles. The molecule has 2 rings (SSSR count). The van der Waals surface area contributed by atoms with Crippen molar-refractivity contribution in [2.45, 2.75) is 19.4 Å². The lowest BCUT2D eigenvalue weighted by Crippen LogP contribution is -2.39. The first-order valence-corrected chi connectivity index (χ1v) is 7.85. The van der Waals surface area contributed by atoms with Crippen LogP contribution in [0.5, 0.6) is 0 Å². The number of nitrogens with one attached hydrogen (secondary N) is 2. The van der Waals surface area contributed by atoms with E-state index in [4.69, 9.17) is 5.11 Å². The van der Waals surface area contributed by atoms with Crippen LogP contribution in [0.25, 0.3) is 0 Å². The highest BCUT2D eigenvalue weighted by Crippen LogP contribution is 2.17. The monoisotopic (exact) mass is 312 g/mol. The second kappa shape index (κ2) is 7.48. The van der Waals surface area contributed by atoms with Crippen molar-refractivity contribution in [2.24, 2.45) is 0 Å². The number of hydrogen-bond donors (Lipinski definition) is 3. The van der Waals surface area contributed by atoms with E-state index >= 15 is 0 Å². The maximum absolute atomic E-state index is 12.0. The minimum Gasteiger partial charge on any atom is -0.476 e. The Balaban J connectivity index is 1.84. The highest BCUT2D eigenvalue weighted by Gasteiger charge is 2.18. The molecule has 7 nitrogen and oxygen atoms in total. The topological polar surface area (TPSA) is 94.6 Å². The number of rotatable bonds is 5. The van der Waals surface area contributed by atoms with E-state index in [1.165, 1.54) is 16.7 Å². The first kappa shape index (κ1) is 15.9. The second-order valence-electron chi connectivity index (χ2n) is 5.05. The molecule has 1 aromatic heterocycles. The Morgan fingerprint density at radius 1 is 1.52 bits per heavy atom. The summed E-state index contributed by atoms with van der Waals surface area (Å²) >= 11 is 1.25. The molecule has 1 amide bonds. The van der Waals surface area contributed by atoms with Gasteiger partial charge in [-0.1, -0.05) is 0 Å². The summed E-state index contributed by atoms with van der Waals surface area (Å²) in [5.41, 5.74) is 0.0229. The van der Waals surface area contributed by atoms with E-state index in [0.717, 1.165) is 32.6 Å². The summed E-state index contributed by atoms with van der Waals surface area (Å²) < 4.78 is 0. The van der Waals surface area contributed by atoms with Crippen molar-refractivity contribution in [2.75, 3.05) is 32.7 Å². The zero-order valence-electron chi connectivity index (χ0n) is 12.0. The predicted octanol–water partition coefficient (Wildman–Crippen LogP) is 0.314. The molecule has 0 saturated carbocycles. The van der Waals surface area contributed by atoms with Gasteiger partial charge >= 0.3 is 5.97 Å². The van der Waals surface area contributed by atoms with Crippen LogP contribution in [0.15, 0.2) is 5.38 Å². The fraction of sp³-hybridized carbons (Fsp3) is 0.615. The van der Waals surface area contributed by atoms with Crippen LogP contribution in [0.3, 0.4) is 0 Å². The minimum absolute atomic E-state index is 0.0229. The lowest BCUT2D eigenvalue weighted by molar-refractivity contribution is -0.122. The third-order valence-corrected chi connectivity index (χ3v) is 4.32. The quantitative estimate of drug-likeness (QED) is 0.724. The maximum Gasteiger partial charge on any atom is 0.355 e. The number of carboxylic acid groups (broad SMARTS) is 1. The zero-order chi connectivity index (χ0) is 15.2. The number of aromatic carboxylic acids is 1. The lowest BCUT2D eigenvalue weighted by Gasteiger charge is -2.20. The molecule has 1 saturated heterocycles. The summed E-state index contributed by atoms with van der Waals surface area (Å²) in [4.78, 5) is 29.0. The molecule has 0 spiro atoms. The first-order chi connectivity index (χ1) is 10.1. The zero-order valence-corrected chi connectivity index (χ0v) is 12.8. The van der Waals surface area contributed by atoms with Gasteiger partial charge in [0.15, 0.2) is 5.69 Å². The van der Waals surface area contributed by atoms with Gasteiger partial charge in [0.2, 0.25) is 5.91 Å². The summed E-state index contributed by atoms with van der Waals surface area (Å²) in [6.07, 6.45) is 1.04. The lowest BCUT2D eigenvalue weighted by atomic mass is 10.3. The van der Waals surface area contributed by atoms with Gasteiger partial charge in [-0.2, -0.15) is 0 Å². The van der Waals surface area contributed by atoms with Crippen LogP contribution in [0, 0.1) is 0 Å². The SMILES string of the molecule is CC(NC(=O)CN1CCCNCC1)c1nc(C(=O)O)cs1. The summed E-state index contributed by atoms with van der Waals surface area (Å²) in [6.45, 7) is 5.84. The number of carbonyl (C=O) groups is 2. The summed E-state index contributed by atoms with van der Waals surface area (Å²) in [5.74, 6) is -1.11. The van der Waals surface area contributed by atoms with Crippen molar-refractivity contribution in [1.29, 1.82) is 0 Å². The molecular weight excluding hydrogens is 292 g/mol. The van der Waals surface area contributed by atoms with Crippen LogP contribution in [0.4, 0.5) is 0 Å². The molecule has 1 unspecified atom stereocenters. The average Bonchev–Trinajstić information content (AvgIpc) is 2.80. The number of carboxylic acids is 1. The van der Waals surface area contributed by atoms with Crippen LogP contribution < -0.4 is 10.6 Å². The van der Waals surface area contributed by atoms with E-state index in [1.807, 2.05) is 6.92 Å². The smallest absolute Gasteiger partial charge is 0.355 e. The van der Waals surface area contributed by atoms with E-state index in [0.29, 0.717) is 11.6 Å². The van der Waals surface area contributed by atoms with Gasteiger partial charge in [0, 0.05) is 18.5 Å². The number of aromatic nitrogens is 1. The molecule has 3 N–H and O–H groups in total. The molecule has 0 bridgehead atoms. The number of nitrogens with zero attached hydrogens (tertiary/aromatic N) is 2. The Hall–Kier alpha value is -1.51. The van der Waals surface area contributed by atoms with Gasteiger partial charge in [0.05, 0.1) is 12.6 Å². The molecule has 0 aromatic carbocycles. The summed E-state index contributed by atoms with van der Waals surface area (Å²) in [5, 5.41) is 17.1. The highest BCUT2D eigenvalue weighted by atomic mass is 32.1. The fourth-order valence-corrected chi connectivity index (χ4v) is 3.00.